The van der Waals surface area contributed by atoms with Crippen LogP contribution in [-0.4, -0.2) is 0 Å². The van der Waals surface area contributed by atoms with E-state index in [4.69, 9.17) is 0 Å². The summed E-state index contributed by atoms with van der Waals surface area (Å²) in [6.45, 7) is 0. The Hall–Kier alpha value is -7.94. The summed E-state index contributed by atoms with van der Waals surface area (Å²) in [5, 5.41) is 9.76. The van der Waals surface area contributed by atoms with Crippen molar-refractivity contribution in [1.82, 2.24) is 0 Å². The third-order valence-electron chi connectivity index (χ3n) is 11.7. The van der Waals surface area contributed by atoms with Crippen LogP contribution in [0.25, 0.3) is 65.3 Å². The van der Waals surface area contributed by atoms with Gasteiger partial charge in [0.05, 0.1) is 5.69 Å². The van der Waals surface area contributed by atoms with Crippen molar-refractivity contribution in [3.8, 4) is 22.3 Å². The van der Waals surface area contributed by atoms with E-state index in [1.165, 1.54) is 65.3 Å². The number of fused-ring (bicyclic) bond motifs is 4. The summed E-state index contributed by atoms with van der Waals surface area (Å²) in [4.78, 5) is 4.74. The van der Waals surface area contributed by atoms with Crippen molar-refractivity contribution in [3.05, 3.63) is 243 Å². The van der Waals surface area contributed by atoms with Gasteiger partial charge in [-0.1, -0.05) is 164 Å². The van der Waals surface area contributed by atoms with Gasteiger partial charge in [0, 0.05) is 33.8 Å². The van der Waals surface area contributed by atoms with E-state index in [2.05, 4.69) is 252 Å². The quantitative estimate of drug-likeness (QED) is 0.142. The van der Waals surface area contributed by atoms with Crippen LogP contribution in [0.2, 0.25) is 0 Å². The first-order valence-electron chi connectivity index (χ1n) is 20.6. The number of rotatable bonds is 8. The van der Waals surface area contributed by atoms with E-state index in [0.717, 1.165) is 34.1 Å². The van der Waals surface area contributed by atoms with Crippen LogP contribution >= 0.6 is 0 Å². The number of hydrogen-bond acceptors (Lipinski definition) is 2. The van der Waals surface area contributed by atoms with Gasteiger partial charge in [-0.2, -0.15) is 0 Å². The Morgan fingerprint density at radius 2 is 0.583 bits per heavy atom. The van der Waals surface area contributed by atoms with Crippen LogP contribution in [0.5, 0.6) is 0 Å². The second kappa shape index (κ2) is 15.1. The van der Waals surface area contributed by atoms with Crippen molar-refractivity contribution >= 4 is 77.2 Å². The molecule has 0 radical (unpaired) electrons. The zero-order chi connectivity index (χ0) is 39.8. The molecule has 0 bridgehead atoms. The van der Waals surface area contributed by atoms with Gasteiger partial charge in [-0.3, -0.25) is 0 Å². The molecule has 0 saturated carbocycles. The highest BCUT2D eigenvalue weighted by molar-refractivity contribution is 6.24. The molecule has 0 heterocycles. The minimum atomic E-state index is 1.10. The third-order valence-corrected chi connectivity index (χ3v) is 11.7. The fraction of sp³-hybridized carbons (Fsp3) is 0. The molecule has 282 valence electrons. The first-order chi connectivity index (χ1) is 29.8. The van der Waals surface area contributed by atoms with Crippen molar-refractivity contribution < 1.29 is 0 Å². The van der Waals surface area contributed by atoms with E-state index in [1.54, 1.807) is 0 Å². The van der Waals surface area contributed by atoms with Gasteiger partial charge < -0.3 is 9.80 Å². The second-order valence-electron chi connectivity index (χ2n) is 15.3. The molecule has 0 aliphatic carbocycles. The van der Waals surface area contributed by atoms with Crippen molar-refractivity contribution in [2.45, 2.75) is 0 Å². The topological polar surface area (TPSA) is 6.48 Å². The summed E-state index contributed by atoms with van der Waals surface area (Å²) in [7, 11) is 0. The molecular weight excluding hydrogens is 725 g/mol. The maximum Gasteiger partial charge on any atom is 0.0540 e. The van der Waals surface area contributed by atoms with Gasteiger partial charge in [-0.25, -0.2) is 0 Å². The molecule has 11 rings (SSSR count). The molecule has 11 aromatic rings. The zero-order valence-electron chi connectivity index (χ0n) is 33.0. The maximum absolute atomic E-state index is 2.41. The van der Waals surface area contributed by atoms with E-state index in [-0.39, 0.29) is 0 Å². The predicted octanol–water partition coefficient (Wildman–Crippen LogP) is 16.6. The zero-order valence-corrected chi connectivity index (χ0v) is 33.0. The van der Waals surface area contributed by atoms with Crippen LogP contribution in [0.15, 0.2) is 243 Å². The molecule has 0 fully saturated rings. The molecule has 0 unspecified atom stereocenters. The summed E-state index contributed by atoms with van der Waals surface area (Å²) in [6.07, 6.45) is 0. The standard InChI is InChI=1S/C58H40N2/c1-4-25-46(26-5-1)59(47-27-6-2-7-28-47)49-31-16-23-44(37-49)57-52-34-14-15-35-53(52)58(55-40-43-21-11-10-20-42(43)39-54(55)57)45-24-17-32-50(38-45)60(48-29-8-3-9-30-48)56-36-18-22-41-19-12-13-33-51(41)56/h1-40H. The Morgan fingerprint density at radius 3 is 1.10 bits per heavy atom. The van der Waals surface area contributed by atoms with Gasteiger partial charge in [0.2, 0.25) is 0 Å². The van der Waals surface area contributed by atoms with Crippen molar-refractivity contribution in [2.75, 3.05) is 9.80 Å². The van der Waals surface area contributed by atoms with E-state index < -0.39 is 0 Å². The molecule has 11 aromatic carbocycles. The largest absolute Gasteiger partial charge is 0.310 e. The maximum atomic E-state index is 2.41. The summed E-state index contributed by atoms with van der Waals surface area (Å²) in [6, 6.07) is 88.0. The number of nitrogens with zero attached hydrogens (tertiary/aromatic N) is 2. The average molecular weight is 765 g/mol. The van der Waals surface area contributed by atoms with Crippen molar-refractivity contribution in [2.24, 2.45) is 0 Å². The van der Waals surface area contributed by atoms with Crippen LogP contribution in [0.1, 0.15) is 0 Å². The van der Waals surface area contributed by atoms with Gasteiger partial charge >= 0.3 is 0 Å². The Bertz CT molecular complexity index is 3280. The molecule has 0 aromatic heterocycles. The molecule has 0 amide bonds. The minimum absolute atomic E-state index is 1.10. The second-order valence-corrected chi connectivity index (χ2v) is 15.3. The fourth-order valence-electron chi connectivity index (χ4n) is 9.10. The Kier molecular flexibility index (Phi) is 8.87. The lowest BCUT2D eigenvalue weighted by Gasteiger charge is -2.28. The molecule has 0 N–H and O–H groups in total. The van der Waals surface area contributed by atoms with Gasteiger partial charge in [-0.05, 0) is 139 Å². The number of benzene rings is 11. The number of anilines is 6. The Balaban J connectivity index is 1.16. The van der Waals surface area contributed by atoms with Gasteiger partial charge in [0.1, 0.15) is 0 Å². The van der Waals surface area contributed by atoms with Gasteiger partial charge in [0.15, 0.2) is 0 Å². The number of para-hydroxylation sites is 3. The van der Waals surface area contributed by atoms with Crippen molar-refractivity contribution in [3.63, 3.8) is 0 Å². The van der Waals surface area contributed by atoms with Gasteiger partial charge in [-0.15, -0.1) is 0 Å². The van der Waals surface area contributed by atoms with Crippen molar-refractivity contribution in [1.29, 1.82) is 0 Å². The molecule has 0 saturated heterocycles. The van der Waals surface area contributed by atoms with E-state index in [1.807, 2.05) is 0 Å². The average Bonchev–Trinajstić information content (AvgIpc) is 3.31. The predicted molar refractivity (Wildman–Crippen MR) is 257 cm³/mol. The first kappa shape index (κ1) is 35.2. The molecule has 2 heteroatoms. The highest BCUT2D eigenvalue weighted by atomic mass is 15.1. The number of hydrogen-bond donors (Lipinski definition) is 0. The molecule has 0 spiro atoms. The van der Waals surface area contributed by atoms with E-state index in [9.17, 15) is 0 Å². The van der Waals surface area contributed by atoms with Crippen LogP contribution in [0.4, 0.5) is 34.1 Å². The monoisotopic (exact) mass is 764 g/mol. The van der Waals surface area contributed by atoms with Crippen LogP contribution in [-0.2, 0) is 0 Å². The molecular formula is C58H40N2. The molecule has 0 atom stereocenters. The summed E-state index contributed by atoms with van der Waals surface area (Å²) in [5.41, 5.74) is 11.5. The summed E-state index contributed by atoms with van der Waals surface area (Å²) in [5.74, 6) is 0. The van der Waals surface area contributed by atoms with E-state index >= 15 is 0 Å². The molecule has 2 nitrogen and oxygen atoms in total. The van der Waals surface area contributed by atoms with Gasteiger partial charge in [0.25, 0.3) is 0 Å². The minimum Gasteiger partial charge on any atom is -0.310 e. The van der Waals surface area contributed by atoms with Crippen LogP contribution < -0.4 is 9.80 Å². The lowest BCUT2D eigenvalue weighted by Crippen LogP contribution is -2.10. The summed E-state index contributed by atoms with van der Waals surface area (Å²) < 4.78 is 0. The first-order valence-corrected chi connectivity index (χ1v) is 20.6. The SMILES string of the molecule is c1ccc(N(c2ccccc2)c2cccc(-c3c4ccccc4c(-c4cccc(N(c5ccccc5)c5cccc6ccccc56)c4)c4cc5ccccc5cc34)c2)cc1. The molecule has 0 aliphatic heterocycles. The lowest BCUT2D eigenvalue weighted by atomic mass is 9.84. The van der Waals surface area contributed by atoms with Crippen LogP contribution in [0, 0.1) is 0 Å². The third kappa shape index (κ3) is 6.23. The highest BCUT2D eigenvalue weighted by Gasteiger charge is 2.21. The smallest absolute Gasteiger partial charge is 0.0540 e. The fourth-order valence-corrected chi connectivity index (χ4v) is 9.10. The molecule has 0 aliphatic rings. The molecule has 60 heavy (non-hydrogen) atoms. The summed E-state index contributed by atoms with van der Waals surface area (Å²) >= 11 is 0. The highest BCUT2D eigenvalue weighted by Crippen LogP contribution is 2.48. The Morgan fingerprint density at radius 1 is 0.217 bits per heavy atom. The lowest BCUT2D eigenvalue weighted by molar-refractivity contribution is 1.28. The van der Waals surface area contributed by atoms with Crippen LogP contribution in [0.3, 0.4) is 0 Å². The van der Waals surface area contributed by atoms with E-state index in [0.29, 0.717) is 0 Å². The Labute approximate surface area is 350 Å². The normalized spacial score (nSPS) is 11.3.